The second kappa shape index (κ2) is 14.2. The van der Waals surface area contributed by atoms with Crippen molar-refractivity contribution >= 4 is 23.2 Å². The average molecular weight is 615 g/mol. The molecule has 2 heterocycles. The van der Waals surface area contributed by atoms with E-state index in [4.69, 9.17) is 0 Å². The van der Waals surface area contributed by atoms with E-state index in [0.717, 1.165) is 33.6 Å². The van der Waals surface area contributed by atoms with Gasteiger partial charge in [-0.25, -0.2) is 9.97 Å². The Labute approximate surface area is 263 Å². The van der Waals surface area contributed by atoms with Crippen LogP contribution in [0.5, 0.6) is 0 Å². The monoisotopic (exact) mass is 614 g/mol. The number of carbonyl (C=O) groups excluding carboxylic acids is 2. The lowest BCUT2D eigenvalue weighted by atomic mass is 9.95. The van der Waals surface area contributed by atoms with Gasteiger partial charge < -0.3 is 20.8 Å². The molecule has 0 saturated heterocycles. The lowest BCUT2D eigenvalue weighted by molar-refractivity contribution is -0.128. The van der Waals surface area contributed by atoms with Crippen LogP contribution in [0.4, 0.5) is 0 Å². The Kier molecular flexibility index (Phi) is 10.7. The quantitative estimate of drug-likeness (QED) is 0.165. The number of rotatable bonds is 11. The molecule has 9 heteroatoms. The van der Waals surface area contributed by atoms with Crippen molar-refractivity contribution in [2.45, 2.75) is 78.2 Å². The molecule has 2 aromatic carbocycles. The molecule has 4 aromatic rings. The molecule has 0 unspecified atom stereocenters. The van der Waals surface area contributed by atoms with Crippen molar-refractivity contribution in [1.29, 1.82) is 0 Å². The number of aliphatic hydroxyl groups is 2. The van der Waals surface area contributed by atoms with E-state index in [1.807, 2.05) is 42.7 Å². The molecule has 0 aliphatic rings. The lowest BCUT2D eigenvalue weighted by Crippen LogP contribution is -2.52. The topological polar surface area (TPSA) is 124 Å². The van der Waals surface area contributed by atoms with Crippen molar-refractivity contribution < 1.29 is 19.8 Å². The summed E-state index contributed by atoms with van der Waals surface area (Å²) in [5, 5.41) is 24.4. The molecule has 44 heavy (non-hydrogen) atoms. The molecule has 4 rings (SSSR count). The van der Waals surface area contributed by atoms with E-state index < -0.39 is 24.3 Å². The summed E-state index contributed by atoms with van der Waals surface area (Å²) in [7, 11) is 0. The summed E-state index contributed by atoms with van der Waals surface area (Å²) in [4.78, 5) is 37.0. The van der Waals surface area contributed by atoms with Crippen LogP contribution in [0.1, 0.15) is 67.2 Å². The number of nitrogens with zero attached hydrogens (tertiary/aromatic N) is 2. The van der Waals surface area contributed by atoms with Gasteiger partial charge in [0.2, 0.25) is 5.91 Å². The molecule has 0 spiro atoms. The minimum atomic E-state index is -1.73. The number of nitrogens with one attached hydrogen (secondary N) is 2. The van der Waals surface area contributed by atoms with Crippen molar-refractivity contribution in [1.82, 2.24) is 20.6 Å². The zero-order valence-corrected chi connectivity index (χ0v) is 27.0. The molecule has 8 nitrogen and oxygen atoms in total. The van der Waals surface area contributed by atoms with E-state index in [-0.39, 0.29) is 17.7 Å². The molecular weight excluding hydrogens is 572 g/mol. The first-order chi connectivity index (χ1) is 20.8. The molecular formula is C35H42N4O4S. The SMILES string of the molecule is CC(C)Cc1ccc(-c2cnc(-c3ccc(C[C@H](NC(=O)c4ccc(C(C)(C)C)s4)C(=O)N[C@H](C)C(O)O)cc3)nc2)cc1. The van der Waals surface area contributed by atoms with Crippen molar-refractivity contribution in [3.8, 4) is 22.5 Å². The van der Waals surface area contributed by atoms with Crippen LogP contribution < -0.4 is 10.6 Å². The summed E-state index contributed by atoms with van der Waals surface area (Å²) in [6.07, 6.45) is 3.15. The Bertz CT molecular complexity index is 1540. The van der Waals surface area contributed by atoms with Crippen LogP contribution in [-0.4, -0.2) is 50.4 Å². The first kappa shape index (κ1) is 33.0. The first-order valence-corrected chi connectivity index (χ1v) is 15.7. The van der Waals surface area contributed by atoms with E-state index in [2.05, 4.69) is 79.5 Å². The van der Waals surface area contributed by atoms with E-state index in [0.29, 0.717) is 16.6 Å². The Morgan fingerprint density at radius 1 is 0.773 bits per heavy atom. The van der Waals surface area contributed by atoms with E-state index in [1.165, 1.54) is 23.8 Å². The Balaban J connectivity index is 1.47. The fourth-order valence-electron chi connectivity index (χ4n) is 4.66. The fourth-order valence-corrected chi connectivity index (χ4v) is 5.62. The zero-order chi connectivity index (χ0) is 32.0. The highest BCUT2D eigenvalue weighted by atomic mass is 32.1. The molecule has 0 radical (unpaired) electrons. The van der Waals surface area contributed by atoms with E-state index in [1.54, 1.807) is 6.07 Å². The maximum Gasteiger partial charge on any atom is 0.262 e. The molecule has 0 saturated carbocycles. The summed E-state index contributed by atoms with van der Waals surface area (Å²) < 4.78 is 0. The number of hydrogen-bond acceptors (Lipinski definition) is 7. The Morgan fingerprint density at radius 2 is 1.34 bits per heavy atom. The Hall–Kier alpha value is -3.92. The second-order valence-corrected chi connectivity index (χ2v) is 13.7. The van der Waals surface area contributed by atoms with E-state index in [9.17, 15) is 19.8 Å². The Morgan fingerprint density at radius 3 is 1.86 bits per heavy atom. The highest BCUT2D eigenvalue weighted by Gasteiger charge is 2.26. The lowest BCUT2D eigenvalue weighted by Gasteiger charge is -2.22. The molecule has 2 atom stereocenters. The van der Waals surface area contributed by atoms with Gasteiger partial charge in [-0.05, 0) is 53.5 Å². The maximum atomic E-state index is 13.1. The number of amides is 2. The number of thiophene rings is 1. The smallest absolute Gasteiger partial charge is 0.262 e. The highest BCUT2D eigenvalue weighted by Crippen LogP contribution is 2.29. The molecule has 0 aliphatic carbocycles. The third kappa shape index (κ3) is 8.81. The van der Waals surface area contributed by atoms with Gasteiger partial charge in [-0.15, -0.1) is 11.3 Å². The van der Waals surface area contributed by atoms with E-state index >= 15 is 0 Å². The van der Waals surface area contributed by atoms with Gasteiger partial charge in [0.15, 0.2) is 12.1 Å². The van der Waals surface area contributed by atoms with Crippen molar-refractivity contribution in [3.05, 3.63) is 93.9 Å². The summed E-state index contributed by atoms with van der Waals surface area (Å²) in [6, 6.07) is 17.9. The standard InChI is InChI=1S/C35H42N4O4S/c1-21(2)17-23-7-11-25(12-8-23)27-19-36-31(37-20-27)26-13-9-24(10-14-26)18-28(32(40)38-22(3)34(42)43)39-33(41)29-15-16-30(44-29)35(4,5)6/h7-16,19-22,28,34,42-43H,17-18H2,1-6H3,(H,38,40)(H,39,41)/t22-,28+/m1/s1. The number of hydrogen-bond donors (Lipinski definition) is 4. The summed E-state index contributed by atoms with van der Waals surface area (Å²) in [6.45, 7) is 12.1. The van der Waals surface area contributed by atoms with Gasteiger partial charge in [0.25, 0.3) is 5.91 Å². The average Bonchev–Trinajstić information content (AvgIpc) is 3.49. The van der Waals surface area contributed by atoms with Crippen molar-refractivity contribution in [2.75, 3.05) is 0 Å². The highest BCUT2D eigenvalue weighted by molar-refractivity contribution is 7.14. The van der Waals surface area contributed by atoms with Gasteiger partial charge in [0.1, 0.15) is 6.04 Å². The number of benzene rings is 2. The minimum Gasteiger partial charge on any atom is -0.366 e. The van der Waals surface area contributed by atoms with Crippen LogP contribution in [0.25, 0.3) is 22.5 Å². The van der Waals surface area contributed by atoms with Crippen LogP contribution in [0.2, 0.25) is 0 Å². The third-order valence-electron chi connectivity index (χ3n) is 7.24. The normalized spacial score (nSPS) is 13.1. The second-order valence-electron chi connectivity index (χ2n) is 12.6. The zero-order valence-electron chi connectivity index (χ0n) is 26.2. The summed E-state index contributed by atoms with van der Waals surface area (Å²) in [5.41, 5.74) is 4.84. The van der Waals surface area contributed by atoms with Crippen LogP contribution in [0.3, 0.4) is 0 Å². The molecule has 0 fully saturated rings. The van der Waals surface area contributed by atoms with Crippen LogP contribution >= 0.6 is 11.3 Å². The maximum absolute atomic E-state index is 13.1. The largest absolute Gasteiger partial charge is 0.366 e. The van der Waals surface area contributed by atoms with Crippen molar-refractivity contribution in [3.63, 3.8) is 0 Å². The molecule has 0 aliphatic heterocycles. The van der Waals surface area contributed by atoms with Crippen LogP contribution in [0, 0.1) is 5.92 Å². The first-order valence-electron chi connectivity index (χ1n) is 14.9. The van der Waals surface area contributed by atoms with Gasteiger partial charge in [0.05, 0.1) is 10.9 Å². The van der Waals surface area contributed by atoms with Crippen LogP contribution in [0.15, 0.2) is 73.1 Å². The number of aromatic nitrogens is 2. The molecule has 232 valence electrons. The van der Waals surface area contributed by atoms with Gasteiger partial charge >= 0.3 is 0 Å². The van der Waals surface area contributed by atoms with Crippen LogP contribution in [-0.2, 0) is 23.1 Å². The van der Waals surface area contributed by atoms with Crippen molar-refractivity contribution in [2.24, 2.45) is 5.92 Å². The van der Waals surface area contributed by atoms with Gasteiger partial charge in [-0.1, -0.05) is 83.1 Å². The molecule has 2 amide bonds. The molecule has 0 bridgehead atoms. The number of aliphatic hydroxyl groups excluding tert-OH is 1. The minimum absolute atomic E-state index is 0.1000. The third-order valence-corrected chi connectivity index (χ3v) is 8.75. The predicted octanol–water partition coefficient (Wildman–Crippen LogP) is 5.52. The number of carbonyl (C=O) groups is 2. The predicted molar refractivity (Wildman–Crippen MR) is 175 cm³/mol. The summed E-state index contributed by atoms with van der Waals surface area (Å²) >= 11 is 1.39. The van der Waals surface area contributed by atoms with Gasteiger partial charge in [-0.3, -0.25) is 9.59 Å². The summed E-state index contributed by atoms with van der Waals surface area (Å²) in [5.74, 6) is 0.320. The molecule has 4 N–H and O–H groups in total. The molecule has 2 aromatic heterocycles. The van der Waals surface area contributed by atoms with Gasteiger partial charge in [-0.2, -0.15) is 0 Å². The fraction of sp³-hybridized carbons (Fsp3) is 0.371. The van der Waals surface area contributed by atoms with Gasteiger partial charge in [0, 0.05) is 34.8 Å².